The van der Waals surface area contributed by atoms with Crippen LogP contribution in [-0.4, -0.2) is 37.8 Å². The first-order chi connectivity index (χ1) is 8.85. The monoisotopic (exact) mass is 246 g/mol. The second-order valence-electron chi connectivity index (χ2n) is 4.18. The van der Waals surface area contributed by atoms with E-state index in [1.165, 1.54) is 0 Å². The van der Waals surface area contributed by atoms with Crippen LogP contribution in [-0.2, 0) is 4.74 Å². The summed E-state index contributed by atoms with van der Waals surface area (Å²) in [4.78, 5) is 2.15. The third-order valence-electron chi connectivity index (χ3n) is 3.04. The van der Waals surface area contributed by atoms with E-state index in [1.54, 1.807) is 0 Å². The minimum absolute atomic E-state index is 0.190. The molecule has 2 rings (SSSR count). The normalized spacial score (nSPS) is 18.0. The summed E-state index contributed by atoms with van der Waals surface area (Å²) in [7, 11) is 0. The highest BCUT2D eigenvalue weighted by atomic mass is 16.5. The molecule has 0 bridgehead atoms. The van der Waals surface area contributed by atoms with Crippen molar-refractivity contribution in [2.45, 2.75) is 13.0 Å². The third-order valence-corrected chi connectivity index (χ3v) is 3.04. The highest BCUT2D eigenvalue weighted by Crippen LogP contribution is 2.23. The van der Waals surface area contributed by atoms with Gasteiger partial charge in [0.25, 0.3) is 0 Å². The van der Waals surface area contributed by atoms with Crippen LogP contribution in [0.15, 0.2) is 24.3 Å². The molecule has 0 spiro atoms. The number of morpholine rings is 1. The first kappa shape index (κ1) is 12.9. The minimum atomic E-state index is -0.190. The van der Waals surface area contributed by atoms with E-state index in [4.69, 9.17) is 9.47 Å². The molecule has 0 radical (unpaired) electrons. The molecule has 1 aliphatic rings. The summed E-state index contributed by atoms with van der Waals surface area (Å²) in [6, 6.07) is 9.95. The topological polar surface area (TPSA) is 45.5 Å². The Balaban J connectivity index is 2.09. The zero-order valence-corrected chi connectivity index (χ0v) is 10.6. The van der Waals surface area contributed by atoms with Crippen molar-refractivity contribution in [3.63, 3.8) is 0 Å². The molecule has 0 aromatic heterocycles. The second-order valence-corrected chi connectivity index (χ2v) is 4.18. The van der Waals surface area contributed by atoms with Crippen molar-refractivity contribution in [2.24, 2.45) is 0 Å². The molecule has 1 heterocycles. The molecule has 1 fully saturated rings. The van der Waals surface area contributed by atoms with Crippen LogP contribution in [0, 0.1) is 11.3 Å². The van der Waals surface area contributed by atoms with Gasteiger partial charge in [-0.05, 0) is 24.6 Å². The van der Waals surface area contributed by atoms with Crippen molar-refractivity contribution in [3.8, 4) is 11.8 Å². The summed E-state index contributed by atoms with van der Waals surface area (Å²) in [5.41, 5.74) is 1.02. The smallest absolute Gasteiger partial charge is 0.124 e. The van der Waals surface area contributed by atoms with Crippen LogP contribution in [0.25, 0.3) is 0 Å². The second kappa shape index (κ2) is 6.39. The molecule has 1 aromatic rings. The summed E-state index contributed by atoms with van der Waals surface area (Å²) in [5.74, 6) is 0.847. The Labute approximate surface area is 108 Å². The lowest BCUT2D eigenvalue weighted by Crippen LogP contribution is -2.38. The predicted octanol–water partition coefficient (Wildman–Crippen LogP) is 1.98. The Morgan fingerprint density at radius 2 is 2.00 bits per heavy atom. The summed E-state index contributed by atoms with van der Waals surface area (Å²) in [6.45, 7) is 5.64. The number of rotatable bonds is 4. The van der Waals surface area contributed by atoms with Crippen LogP contribution in [0.2, 0.25) is 0 Å². The molecular weight excluding hydrogens is 228 g/mol. The van der Waals surface area contributed by atoms with Crippen molar-refractivity contribution in [3.05, 3.63) is 29.8 Å². The average molecular weight is 246 g/mol. The fraction of sp³-hybridized carbons (Fsp3) is 0.500. The maximum absolute atomic E-state index is 9.34. The van der Waals surface area contributed by atoms with Gasteiger partial charge in [0.1, 0.15) is 11.8 Å². The summed E-state index contributed by atoms with van der Waals surface area (Å²) in [5, 5.41) is 9.34. The SMILES string of the molecule is CCOc1ccc([C@@H](C#N)N2CCOCC2)cc1. The molecule has 1 aliphatic heterocycles. The van der Waals surface area contributed by atoms with E-state index in [0.717, 1.165) is 24.4 Å². The number of nitrogens with zero attached hydrogens (tertiary/aromatic N) is 2. The molecule has 4 nitrogen and oxygen atoms in total. The van der Waals surface area contributed by atoms with E-state index in [9.17, 15) is 5.26 Å². The van der Waals surface area contributed by atoms with Crippen LogP contribution < -0.4 is 4.74 Å². The fourth-order valence-corrected chi connectivity index (χ4v) is 2.12. The van der Waals surface area contributed by atoms with Crippen molar-refractivity contribution in [1.29, 1.82) is 5.26 Å². The number of nitriles is 1. The molecule has 1 atom stereocenters. The zero-order valence-electron chi connectivity index (χ0n) is 10.6. The van der Waals surface area contributed by atoms with Gasteiger partial charge in [-0.3, -0.25) is 4.90 Å². The standard InChI is InChI=1S/C14H18N2O2/c1-2-18-13-5-3-12(4-6-13)14(11-15)16-7-9-17-10-8-16/h3-6,14H,2,7-10H2,1H3/t14-/m1/s1. The van der Waals surface area contributed by atoms with Crippen molar-refractivity contribution < 1.29 is 9.47 Å². The molecule has 96 valence electrons. The Morgan fingerprint density at radius 3 is 2.56 bits per heavy atom. The summed E-state index contributed by atoms with van der Waals surface area (Å²) < 4.78 is 10.7. The Bertz CT molecular complexity index is 405. The van der Waals surface area contributed by atoms with E-state index >= 15 is 0 Å². The molecule has 0 amide bonds. The Hall–Kier alpha value is -1.57. The molecule has 18 heavy (non-hydrogen) atoms. The maximum atomic E-state index is 9.34. The van der Waals surface area contributed by atoms with Gasteiger partial charge in [-0.2, -0.15) is 5.26 Å². The lowest BCUT2D eigenvalue weighted by Gasteiger charge is -2.30. The molecule has 0 unspecified atom stereocenters. The van der Waals surface area contributed by atoms with Crippen molar-refractivity contribution in [1.82, 2.24) is 4.90 Å². The quantitative estimate of drug-likeness (QED) is 0.815. The first-order valence-electron chi connectivity index (χ1n) is 6.29. The van der Waals surface area contributed by atoms with Gasteiger partial charge in [0, 0.05) is 13.1 Å². The number of benzene rings is 1. The van der Waals surface area contributed by atoms with Crippen LogP contribution in [0.5, 0.6) is 5.75 Å². The number of ether oxygens (including phenoxy) is 2. The first-order valence-corrected chi connectivity index (χ1v) is 6.29. The van der Waals surface area contributed by atoms with Crippen LogP contribution in [0.4, 0.5) is 0 Å². The Morgan fingerprint density at radius 1 is 1.33 bits per heavy atom. The summed E-state index contributed by atoms with van der Waals surface area (Å²) in [6.07, 6.45) is 0. The zero-order chi connectivity index (χ0) is 12.8. The molecule has 1 aromatic carbocycles. The van der Waals surface area contributed by atoms with Crippen LogP contribution in [0.1, 0.15) is 18.5 Å². The molecule has 1 saturated heterocycles. The average Bonchev–Trinajstić information content (AvgIpc) is 2.43. The van der Waals surface area contributed by atoms with E-state index in [1.807, 2.05) is 31.2 Å². The van der Waals surface area contributed by atoms with E-state index in [2.05, 4.69) is 11.0 Å². The van der Waals surface area contributed by atoms with E-state index in [-0.39, 0.29) is 6.04 Å². The lowest BCUT2D eigenvalue weighted by molar-refractivity contribution is 0.0266. The van der Waals surface area contributed by atoms with Gasteiger partial charge >= 0.3 is 0 Å². The highest BCUT2D eigenvalue weighted by Gasteiger charge is 2.22. The molecule has 4 heteroatoms. The third kappa shape index (κ3) is 3.00. The molecule has 0 saturated carbocycles. The maximum Gasteiger partial charge on any atom is 0.124 e. The largest absolute Gasteiger partial charge is 0.494 e. The van der Waals surface area contributed by atoms with E-state index in [0.29, 0.717) is 19.8 Å². The number of hydrogen-bond donors (Lipinski definition) is 0. The van der Waals surface area contributed by atoms with Gasteiger partial charge in [0.15, 0.2) is 0 Å². The lowest BCUT2D eigenvalue weighted by atomic mass is 10.1. The summed E-state index contributed by atoms with van der Waals surface area (Å²) >= 11 is 0. The highest BCUT2D eigenvalue weighted by molar-refractivity contribution is 5.31. The molecule has 0 N–H and O–H groups in total. The minimum Gasteiger partial charge on any atom is -0.494 e. The van der Waals surface area contributed by atoms with Gasteiger partial charge in [-0.25, -0.2) is 0 Å². The van der Waals surface area contributed by atoms with Crippen molar-refractivity contribution >= 4 is 0 Å². The van der Waals surface area contributed by atoms with Crippen LogP contribution >= 0.6 is 0 Å². The van der Waals surface area contributed by atoms with E-state index < -0.39 is 0 Å². The van der Waals surface area contributed by atoms with Gasteiger partial charge in [0.2, 0.25) is 0 Å². The van der Waals surface area contributed by atoms with Gasteiger partial charge in [-0.15, -0.1) is 0 Å². The Kier molecular flexibility index (Phi) is 4.57. The van der Waals surface area contributed by atoms with Gasteiger partial charge in [-0.1, -0.05) is 12.1 Å². The fourth-order valence-electron chi connectivity index (χ4n) is 2.12. The van der Waals surface area contributed by atoms with Gasteiger partial charge in [0.05, 0.1) is 25.9 Å². The molecule has 0 aliphatic carbocycles. The van der Waals surface area contributed by atoms with Crippen LogP contribution in [0.3, 0.4) is 0 Å². The molecular formula is C14H18N2O2. The van der Waals surface area contributed by atoms with Gasteiger partial charge < -0.3 is 9.47 Å². The predicted molar refractivity (Wildman–Crippen MR) is 68.4 cm³/mol. The van der Waals surface area contributed by atoms with Crippen molar-refractivity contribution in [2.75, 3.05) is 32.9 Å². The number of hydrogen-bond acceptors (Lipinski definition) is 4.